The predicted molar refractivity (Wildman–Crippen MR) is 91.9 cm³/mol. The van der Waals surface area contributed by atoms with E-state index in [-0.39, 0.29) is 0 Å². The van der Waals surface area contributed by atoms with Crippen molar-refractivity contribution in [2.45, 2.75) is 51.3 Å². The molecule has 0 heterocycles. The monoisotopic (exact) mass is 338 g/mol. The highest BCUT2D eigenvalue weighted by atomic mass is 32.2. The highest BCUT2D eigenvalue weighted by molar-refractivity contribution is 7.88. The van der Waals surface area contributed by atoms with Crippen molar-refractivity contribution in [2.24, 2.45) is 5.41 Å². The van der Waals surface area contributed by atoms with Crippen LogP contribution >= 0.6 is 0 Å². The van der Waals surface area contributed by atoms with Gasteiger partial charge in [0.05, 0.1) is 12.4 Å². The first-order chi connectivity index (χ1) is 10.9. The number of ether oxygens (including phenoxy) is 1. The Morgan fingerprint density at radius 2 is 1.96 bits per heavy atom. The smallest absolute Gasteiger partial charge is 0.209 e. The third-order valence-corrected chi connectivity index (χ3v) is 5.94. The van der Waals surface area contributed by atoms with E-state index < -0.39 is 10.0 Å². The molecule has 2 saturated carbocycles. The molecule has 2 atom stereocenters. The second kappa shape index (κ2) is 6.42. The van der Waals surface area contributed by atoms with Crippen LogP contribution in [0.3, 0.4) is 0 Å². The van der Waals surface area contributed by atoms with Gasteiger partial charge in [0.1, 0.15) is 0 Å². The molecule has 2 aliphatic rings. The summed E-state index contributed by atoms with van der Waals surface area (Å²) in [5.74, 6) is 0. The average Bonchev–Trinajstić information content (AvgIpc) is 2.42. The van der Waals surface area contributed by atoms with Crippen LogP contribution in [0.5, 0.6) is 0 Å². The Bertz CT molecular complexity index is 638. The number of rotatable bonds is 7. The molecule has 0 saturated heterocycles. The average molecular weight is 338 g/mol. The lowest BCUT2D eigenvalue weighted by molar-refractivity contribution is -0.157. The molecule has 0 amide bonds. The summed E-state index contributed by atoms with van der Waals surface area (Å²) in [7, 11) is -3.15. The largest absolute Gasteiger partial charge is 0.382 e. The Morgan fingerprint density at radius 1 is 1.26 bits per heavy atom. The molecule has 1 aromatic rings. The number of benzene rings is 1. The number of nitrogens with one attached hydrogen (secondary N) is 2. The lowest BCUT2D eigenvalue weighted by Crippen LogP contribution is -2.64. The van der Waals surface area contributed by atoms with Crippen LogP contribution in [0, 0.1) is 5.41 Å². The highest BCUT2D eigenvalue weighted by Crippen LogP contribution is 2.58. The van der Waals surface area contributed by atoms with Crippen molar-refractivity contribution in [3.8, 4) is 0 Å². The molecular weight excluding hydrogens is 312 g/mol. The van der Waals surface area contributed by atoms with Gasteiger partial charge in [-0.3, -0.25) is 0 Å². The molecule has 0 aliphatic heterocycles. The van der Waals surface area contributed by atoms with Gasteiger partial charge in [-0.2, -0.15) is 0 Å². The first kappa shape index (κ1) is 16.7. The van der Waals surface area contributed by atoms with E-state index in [1.54, 1.807) is 0 Å². The fourth-order valence-corrected chi connectivity index (χ4v) is 4.20. The quantitative estimate of drug-likeness (QED) is 0.801. The van der Waals surface area contributed by atoms with Crippen LogP contribution in [-0.4, -0.2) is 33.4 Å². The van der Waals surface area contributed by atoms with Crippen molar-refractivity contribution in [1.29, 1.82) is 0 Å². The molecule has 0 bridgehead atoms. The maximum atomic E-state index is 11.1. The first-order valence-corrected chi connectivity index (χ1v) is 10.2. The van der Waals surface area contributed by atoms with E-state index in [2.05, 4.69) is 17.0 Å². The second-order valence-electron chi connectivity index (χ2n) is 6.75. The van der Waals surface area contributed by atoms with E-state index in [4.69, 9.17) is 4.74 Å². The SMILES string of the molecule is CCO[C@@H]1C[C@H](Nc2ccc(CNS(C)(=O)=O)cc2)C12CCC2. The molecule has 0 aromatic heterocycles. The van der Waals surface area contributed by atoms with Crippen LogP contribution in [0.4, 0.5) is 5.69 Å². The van der Waals surface area contributed by atoms with Gasteiger partial charge in [0.2, 0.25) is 10.0 Å². The molecule has 1 spiro atoms. The summed E-state index contributed by atoms with van der Waals surface area (Å²) in [6.07, 6.45) is 6.48. The maximum Gasteiger partial charge on any atom is 0.209 e. The van der Waals surface area contributed by atoms with Crippen molar-refractivity contribution in [3.05, 3.63) is 29.8 Å². The molecule has 0 radical (unpaired) electrons. The number of hydrogen-bond acceptors (Lipinski definition) is 4. The van der Waals surface area contributed by atoms with Gasteiger partial charge in [-0.05, 0) is 43.9 Å². The Labute approximate surface area is 138 Å². The molecular formula is C17H26N2O3S. The summed E-state index contributed by atoms with van der Waals surface area (Å²) in [6, 6.07) is 8.48. The lowest BCUT2D eigenvalue weighted by Gasteiger charge is -2.61. The van der Waals surface area contributed by atoms with Gasteiger partial charge in [0, 0.05) is 30.3 Å². The Balaban J connectivity index is 1.57. The van der Waals surface area contributed by atoms with Crippen LogP contribution in [0.25, 0.3) is 0 Å². The van der Waals surface area contributed by atoms with Crippen LogP contribution < -0.4 is 10.0 Å². The molecule has 6 heteroatoms. The van der Waals surface area contributed by atoms with Crippen molar-refractivity contribution in [1.82, 2.24) is 4.72 Å². The van der Waals surface area contributed by atoms with Crippen LogP contribution in [0.2, 0.25) is 0 Å². The highest BCUT2D eigenvalue weighted by Gasteiger charge is 2.58. The van der Waals surface area contributed by atoms with E-state index in [1.807, 2.05) is 24.3 Å². The fourth-order valence-electron chi connectivity index (χ4n) is 3.78. The van der Waals surface area contributed by atoms with Crippen molar-refractivity contribution in [2.75, 3.05) is 18.2 Å². The van der Waals surface area contributed by atoms with Gasteiger partial charge in [0.15, 0.2) is 0 Å². The standard InChI is InChI=1S/C17H26N2O3S/c1-3-22-16-11-15(17(16)9-4-10-17)19-14-7-5-13(6-8-14)12-18-23(2,20)21/h5-8,15-16,18-19H,3-4,9-12H2,1-2H3/t15-,16+/m0/s1. The van der Waals surface area contributed by atoms with Gasteiger partial charge in [-0.1, -0.05) is 18.6 Å². The zero-order chi connectivity index (χ0) is 16.5. The molecule has 128 valence electrons. The topological polar surface area (TPSA) is 67.4 Å². The number of sulfonamides is 1. The number of hydrogen-bond donors (Lipinski definition) is 2. The normalized spacial score (nSPS) is 25.7. The minimum atomic E-state index is -3.15. The summed E-state index contributed by atoms with van der Waals surface area (Å²) in [6.45, 7) is 3.19. The number of anilines is 1. The minimum Gasteiger partial charge on any atom is -0.382 e. The Hall–Kier alpha value is -1.11. The molecule has 2 N–H and O–H groups in total. The van der Waals surface area contributed by atoms with Gasteiger partial charge >= 0.3 is 0 Å². The molecule has 23 heavy (non-hydrogen) atoms. The third-order valence-electron chi connectivity index (χ3n) is 5.27. The molecule has 5 nitrogen and oxygen atoms in total. The third kappa shape index (κ3) is 3.54. The Kier molecular flexibility index (Phi) is 4.67. The summed E-state index contributed by atoms with van der Waals surface area (Å²) >= 11 is 0. The molecule has 2 fully saturated rings. The zero-order valence-corrected chi connectivity index (χ0v) is 14.7. The lowest BCUT2D eigenvalue weighted by atomic mass is 9.51. The Morgan fingerprint density at radius 3 is 2.48 bits per heavy atom. The summed E-state index contributed by atoms with van der Waals surface area (Å²) in [5.41, 5.74) is 2.39. The van der Waals surface area contributed by atoms with Gasteiger partial charge in [-0.25, -0.2) is 13.1 Å². The van der Waals surface area contributed by atoms with E-state index in [1.165, 1.54) is 25.5 Å². The molecule has 0 unspecified atom stereocenters. The van der Waals surface area contributed by atoms with Gasteiger partial charge < -0.3 is 10.1 Å². The van der Waals surface area contributed by atoms with E-state index in [0.29, 0.717) is 24.1 Å². The summed E-state index contributed by atoms with van der Waals surface area (Å²) < 4.78 is 30.6. The van der Waals surface area contributed by atoms with E-state index >= 15 is 0 Å². The maximum absolute atomic E-state index is 11.1. The molecule has 2 aliphatic carbocycles. The van der Waals surface area contributed by atoms with Crippen molar-refractivity contribution < 1.29 is 13.2 Å². The fraction of sp³-hybridized carbons (Fsp3) is 0.647. The molecule has 3 rings (SSSR count). The van der Waals surface area contributed by atoms with Crippen molar-refractivity contribution >= 4 is 15.7 Å². The second-order valence-corrected chi connectivity index (χ2v) is 8.59. The van der Waals surface area contributed by atoms with E-state index in [9.17, 15) is 8.42 Å². The van der Waals surface area contributed by atoms with Crippen LogP contribution in [0.15, 0.2) is 24.3 Å². The molecule has 1 aromatic carbocycles. The van der Waals surface area contributed by atoms with E-state index in [0.717, 1.165) is 24.3 Å². The van der Waals surface area contributed by atoms with Gasteiger partial charge in [0.25, 0.3) is 0 Å². The summed E-state index contributed by atoms with van der Waals surface area (Å²) in [5, 5.41) is 3.64. The minimum absolute atomic E-state index is 0.332. The zero-order valence-electron chi connectivity index (χ0n) is 13.8. The van der Waals surface area contributed by atoms with Crippen LogP contribution in [-0.2, 0) is 21.3 Å². The predicted octanol–water partition coefficient (Wildman–Crippen LogP) is 2.50. The first-order valence-electron chi connectivity index (χ1n) is 8.35. The van der Waals surface area contributed by atoms with Gasteiger partial charge in [-0.15, -0.1) is 0 Å². The summed E-state index contributed by atoms with van der Waals surface area (Å²) in [4.78, 5) is 0. The van der Waals surface area contributed by atoms with Crippen LogP contribution in [0.1, 0.15) is 38.2 Å². The van der Waals surface area contributed by atoms with Crippen molar-refractivity contribution in [3.63, 3.8) is 0 Å².